The van der Waals surface area contributed by atoms with Crippen LogP contribution in [-0.2, 0) is 4.79 Å². The van der Waals surface area contributed by atoms with Gasteiger partial charge in [0.15, 0.2) is 5.78 Å². The first-order chi connectivity index (χ1) is 13.7. The van der Waals surface area contributed by atoms with Crippen LogP contribution < -0.4 is 4.74 Å². The maximum atomic E-state index is 12.1. The zero-order chi connectivity index (χ0) is 19.6. The summed E-state index contributed by atoms with van der Waals surface area (Å²) in [4.78, 5) is 13.9. The van der Waals surface area contributed by atoms with Crippen LogP contribution in [0.15, 0.2) is 101 Å². The van der Waals surface area contributed by atoms with E-state index in [2.05, 4.69) is 0 Å². The molecule has 3 aromatic rings. The minimum absolute atomic E-state index is 0.0348. The Bertz CT molecular complexity index is 960. The zero-order valence-electron chi connectivity index (χ0n) is 15.7. The first-order valence-corrected chi connectivity index (χ1v) is 9.93. The highest BCUT2D eigenvalue weighted by molar-refractivity contribution is 8.04. The predicted octanol–water partition coefficient (Wildman–Crippen LogP) is 6.50. The van der Waals surface area contributed by atoms with Crippen LogP contribution in [0.25, 0.3) is 12.2 Å². The van der Waals surface area contributed by atoms with E-state index in [1.165, 1.54) is 11.8 Å². The fourth-order valence-corrected chi connectivity index (χ4v) is 3.45. The van der Waals surface area contributed by atoms with Crippen molar-refractivity contribution in [1.29, 1.82) is 0 Å². The van der Waals surface area contributed by atoms with Crippen molar-refractivity contribution in [1.82, 2.24) is 0 Å². The second kappa shape index (κ2) is 10.3. The number of rotatable bonds is 8. The van der Waals surface area contributed by atoms with Gasteiger partial charge in [0.05, 0.1) is 4.91 Å². The number of hydrogen-bond acceptors (Lipinski definition) is 3. The minimum Gasteiger partial charge on any atom is -0.489 e. The maximum Gasteiger partial charge on any atom is 0.166 e. The van der Waals surface area contributed by atoms with E-state index >= 15 is 0 Å². The van der Waals surface area contributed by atoms with Crippen molar-refractivity contribution < 1.29 is 9.53 Å². The van der Waals surface area contributed by atoms with Crippen LogP contribution in [0.1, 0.15) is 18.1 Å². The molecule has 3 rings (SSSR count). The third-order valence-corrected chi connectivity index (χ3v) is 5.10. The minimum atomic E-state index is 0.0348. The number of para-hydroxylation sites is 1. The number of benzene rings is 3. The normalized spacial score (nSPS) is 11.5. The first kappa shape index (κ1) is 19.7. The molecule has 0 bridgehead atoms. The smallest absolute Gasteiger partial charge is 0.166 e. The molecule has 0 spiro atoms. The molecule has 0 amide bonds. The maximum absolute atomic E-state index is 12.1. The number of thioether (sulfide) groups is 1. The lowest BCUT2D eigenvalue weighted by atomic mass is 10.1. The molecule has 3 aromatic carbocycles. The van der Waals surface area contributed by atoms with Crippen LogP contribution in [-0.4, -0.2) is 12.4 Å². The second-order valence-electron chi connectivity index (χ2n) is 6.14. The van der Waals surface area contributed by atoms with Crippen LogP contribution in [0, 0.1) is 0 Å². The lowest BCUT2D eigenvalue weighted by molar-refractivity contribution is -0.112. The van der Waals surface area contributed by atoms with Crippen LogP contribution in [0.4, 0.5) is 0 Å². The van der Waals surface area contributed by atoms with Gasteiger partial charge in [0.25, 0.3) is 0 Å². The molecule has 0 fully saturated rings. The van der Waals surface area contributed by atoms with Crippen molar-refractivity contribution >= 4 is 29.7 Å². The Balaban J connectivity index is 1.73. The number of ketones is 1. The molecule has 0 heterocycles. The van der Waals surface area contributed by atoms with Crippen molar-refractivity contribution in [2.75, 3.05) is 6.61 Å². The fourth-order valence-electron chi connectivity index (χ4n) is 2.58. The van der Waals surface area contributed by atoms with E-state index in [4.69, 9.17) is 4.74 Å². The highest BCUT2D eigenvalue weighted by Crippen LogP contribution is 2.31. The second-order valence-corrected chi connectivity index (χ2v) is 7.26. The molecule has 0 aromatic heterocycles. The van der Waals surface area contributed by atoms with Crippen molar-refractivity contribution in [2.45, 2.75) is 11.8 Å². The van der Waals surface area contributed by atoms with Crippen LogP contribution in [0.5, 0.6) is 5.75 Å². The average molecular weight is 387 g/mol. The average Bonchev–Trinajstić information content (AvgIpc) is 2.73. The van der Waals surface area contributed by atoms with Gasteiger partial charge in [0, 0.05) is 10.5 Å². The Hall–Kier alpha value is -3.04. The Morgan fingerprint density at radius 3 is 2.25 bits per heavy atom. The predicted molar refractivity (Wildman–Crippen MR) is 118 cm³/mol. The van der Waals surface area contributed by atoms with Crippen LogP contribution >= 0.6 is 11.8 Å². The van der Waals surface area contributed by atoms with Gasteiger partial charge in [-0.15, -0.1) is 0 Å². The van der Waals surface area contributed by atoms with E-state index in [1.807, 2.05) is 103 Å². The number of carbonyl (C=O) groups is 1. The van der Waals surface area contributed by atoms with Gasteiger partial charge in [-0.3, -0.25) is 4.79 Å². The monoisotopic (exact) mass is 386 g/mol. The Morgan fingerprint density at radius 2 is 1.54 bits per heavy atom. The van der Waals surface area contributed by atoms with E-state index < -0.39 is 0 Å². The van der Waals surface area contributed by atoms with Gasteiger partial charge in [0.1, 0.15) is 12.4 Å². The highest BCUT2D eigenvalue weighted by atomic mass is 32.2. The third-order valence-electron chi connectivity index (χ3n) is 3.97. The molecular formula is C25H22O2S. The Morgan fingerprint density at radius 1 is 0.893 bits per heavy atom. The fraction of sp³-hybridized carbons (Fsp3) is 0.0800. The molecule has 0 saturated carbocycles. The van der Waals surface area contributed by atoms with E-state index in [0.29, 0.717) is 11.5 Å². The van der Waals surface area contributed by atoms with E-state index in [-0.39, 0.29) is 5.78 Å². The number of hydrogen-bond donors (Lipinski definition) is 0. The number of ether oxygens (including phenoxy) is 1. The van der Waals surface area contributed by atoms with Gasteiger partial charge in [-0.25, -0.2) is 0 Å². The molecular weight excluding hydrogens is 364 g/mol. The summed E-state index contributed by atoms with van der Waals surface area (Å²) < 4.78 is 5.94. The molecule has 0 N–H and O–H groups in total. The summed E-state index contributed by atoms with van der Waals surface area (Å²) in [5, 5.41) is 0. The van der Waals surface area contributed by atoms with E-state index in [1.54, 1.807) is 6.92 Å². The number of carbonyl (C=O) groups excluding carboxylic acids is 1. The zero-order valence-corrected chi connectivity index (χ0v) is 16.6. The largest absolute Gasteiger partial charge is 0.489 e. The van der Waals surface area contributed by atoms with Gasteiger partial charge >= 0.3 is 0 Å². The summed E-state index contributed by atoms with van der Waals surface area (Å²) in [6, 6.07) is 27.8. The summed E-state index contributed by atoms with van der Waals surface area (Å²) >= 11 is 1.47. The molecule has 0 aliphatic carbocycles. The molecule has 0 atom stereocenters. The van der Waals surface area contributed by atoms with Gasteiger partial charge in [-0.2, -0.15) is 0 Å². The Labute approximate surface area is 170 Å². The summed E-state index contributed by atoms with van der Waals surface area (Å²) in [7, 11) is 0. The molecule has 0 radical (unpaired) electrons. The van der Waals surface area contributed by atoms with Gasteiger partial charge in [-0.05, 0) is 42.8 Å². The molecule has 2 nitrogen and oxygen atoms in total. The van der Waals surface area contributed by atoms with E-state index in [0.717, 1.165) is 21.8 Å². The molecule has 0 unspecified atom stereocenters. The van der Waals surface area contributed by atoms with Crippen molar-refractivity contribution in [3.63, 3.8) is 0 Å². The lowest BCUT2D eigenvalue weighted by Crippen LogP contribution is -1.97. The first-order valence-electron chi connectivity index (χ1n) is 9.11. The number of Topliss-reactive ketones (excluding diaryl/α,β-unsaturated/α-hetero) is 1. The number of allylic oxidation sites excluding steroid dienone is 1. The molecule has 28 heavy (non-hydrogen) atoms. The third kappa shape index (κ3) is 6.00. The van der Waals surface area contributed by atoms with Crippen LogP contribution in [0.3, 0.4) is 0 Å². The van der Waals surface area contributed by atoms with Crippen molar-refractivity contribution in [2.24, 2.45) is 0 Å². The summed E-state index contributed by atoms with van der Waals surface area (Å²) in [5.41, 5.74) is 2.03. The van der Waals surface area contributed by atoms with Gasteiger partial charge in [-0.1, -0.05) is 84.6 Å². The SMILES string of the molecule is CC(=O)C(=Cc1ccccc1OC/C=C/c1ccccc1)Sc1ccccc1. The highest BCUT2D eigenvalue weighted by Gasteiger charge is 2.09. The molecule has 3 heteroatoms. The molecule has 0 aliphatic heterocycles. The van der Waals surface area contributed by atoms with Crippen molar-refractivity contribution in [3.8, 4) is 5.75 Å². The Kier molecular flexibility index (Phi) is 7.28. The quantitative estimate of drug-likeness (QED) is 0.326. The molecule has 0 saturated heterocycles. The summed E-state index contributed by atoms with van der Waals surface area (Å²) in [6.07, 6.45) is 5.92. The summed E-state index contributed by atoms with van der Waals surface area (Å²) in [5.74, 6) is 0.792. The van der Waals surface area contributed by atoms with Crippen LogP contribution in [0.2, 0.25) is 0 Å². The molecule has 0 aliphatic rings. The van der Waals surface area contributed by atoms with Crippen molar-refractivity contribution in [3.05, 3.63) is 107 Å². The topological polar surface area (TPSA) is 26.3 Å². The molecule has 140 valence electrons. The summed E-state index contributed by atoms with van der Waals surface area (Å²) in [6.45, 7) is 2.05. The van der Waals surface area contributed by atoms with Gasteiger partial charge < -0.3 is 4.74 Å². The van der Waals surface area contributed by atoms with E-state index in [9.17, 15) is 4.79 Å². The lowest BCUT2D eigenvalue weighted by Gasteiger charge is -2.09. The standard InChI is InChI=1S/C25H22O2S/c1-20(26)25(28-23-15-6-3-7-16-23)19-22-14-8-9-17-24(22)27-18-10-13-21-11-4-2-5-12-21/h2-17,19H,18H2,1H3/b13-10+,25-19?. The van der Waals surface area contributed by atoms with Gasteiger partial charge in [0.2, 0.25) is 0 Å².